The fourth-order valence-corrected chi connectivity index (χ4v) is 2.62. The second-order valence-electron chi connectivity index (χ2n) is 5.53. The Hall–Kier alpha value is -3.28. The van der Waals surface area contributed by atoms with Crippen LogP contribution in [0.5, 0.6) is 0 Å². The highest BCUT2D eigenvalue weighted by Crippen LogP contribution is 2.17. The van der Waals surface area contributed by atoms with Crippen molar-refractivity contribution in [1.29, 1.82) is 0 Å². The van der Waals surface area contributed by atoms with Gasteiger partial charge in [-0.1, -0.05) is 18.2 Å². The van der Waals surface area contributed by atoms with E-state index >= 15 is 0 Å². The number of hydrogen-bond donors (Lipinski definition) is 1. The van der Waals surface area contributed by atoms with Crippen molar-refractivity contribution in [1.82, 2.24) is 15.0 Å². The van der Waals surface area contributed by atoms with Crippen molar-refractivity contribution in [2.24, 2.45) is 5.10 Å². The topological polar surface area (TPSA) is 59.3 Å². The second-order valence-corrected chi connectivity index (χ2v) is 5.53. The molecule has 5 nitrogen and oxygen atoms in total. The highest BCUT2D eigenvalue weighted by molar-refractivity contribution is 5.95. The van der Waals surface area contributed by atoms with Gasteiger partial charge < -0.3 is 4.57 Å². The Labute approximate surface area is 144 Å². The van der Waals surface area contributed by atoms with E-state index < -0.39 is 11.7 Å². The van der Waals surface area contributed by atoms with Crippen LogP contribution >= 0.6 is 0 Å². The summed E-state index contributed by atoms with van der Waals surface area (Å²) in [5.74, 6) is -0.357. The van der Waals surface area contributed by atoms with Crippen LogP contribution in [0.25, 0.3) is 5.82 Å². The van der Waals surface area contributed by atoms with Crippen LogP contribution in [-0.4, -0.2) is 21.7 Å². The lowest BCUT2D eigenvalue weighted by atomic mass is 10.2. The third-order valence-electron chi connectivity index (χ3n) is 3.84. The summed E-state index contributed by atoms with van der Waals surface area (Å²) >= 11 is 0. The molecule has 1 N–H and O–H groups in total. The van der Waals surface area contributed by atoms with Gasteiger partial charge in [0.1, 0.15) is 11.6 Å². The molecule has 0 aliphatic rings. The van der Waals surface area contributed by atoms with E-state index in [4.69, 9.17) is 0 Å². The summed E-state index contributed by atoms with van der Waals surface area (Å²) < 4.78 is 15.6. The van der Waals surface area contributed by atoms with Crippen LogP contribution in [0.1, 0.15) is 27.3 Å². The van der Waals surface area contributed by atoms with Crippen LogP contribution in [-0.2, 0) is 0 Å². The Morgan fingerprint density at radius 3 is 2.68 bits per heavy atom. The number of nitrogens with zero attached hydrogens (tertiary/aromatic N) is 3. The van der Waals surface area contributed by atoms with Crippen molar-refractivity contribution in [3.63, 3.8) is 0 Å². The number of halogens is 1. The standard InChI is InChI=1S/C19H17FN4O/c1-13-11-15(14(2)24(13)18-9-5-6-10-21-18)12-22-23-19(25)16-7-3-4-8-17(16)20/h3-12H,1-2H3,(H,23,25)/b22-12-. The van der Waals surface area contributed by atoms with Crippen molar-refractivity contribution < 1.29 is 9.18 Å². The zero-order valence-corrected chi connectivity index (χ0v) is 13.9. The molecule has 0 fully saturated rings. The summed E-state index contributed by atoms with van der Waals surface area (Å²) in [5, 5.41) is 3.94. The monoisotopic (exact) mass is 336 g/mol. The maximum atomic E-state index is 13.6. The van der Waals surface area contributed by atoms with Gasteiger partial charge in [-0.2, -0.15) is 5.10 Å². The number of aromatic nitrogens is 2. The zero-order valence-electron chi connectivity index (χ0n) is 13.9. The molecule has 1 amide bonds. The molecule has 0 unspecified atom stereocenters. The van der Waals surface area contributed by atoms with Gasteiger partial charge in [-0.25, -0.2) is 14.8 Å². The number of hydrazone groups is 1. The number of aryl methyl sites for hydroxylation is 1. The number of nitrogens with one attached hydrogen (secondary N) is 1. The minimum Gasteiger partial charge on any atom is -0.303 e. The largest absolute Gasteiger partial charge is 0.303 e. The molecule has 1 aromatic carbocycles. The molecular weight excluding hydrogens is 319 g/mol. The summed E-state index contributed by atoms with van der Waals surface area (Å²) in [6.45, 7) is 3.92. The van der Waals surface area contributed by atoms with E-state index in [1.165, 1.54) is 18.2 Å². The molecule has 0 aliphatic carbocycles. The predicted octanol–water partition coefficient (Wildman–Crippen LogP) is 3.39. The summed E-state index contributed by atoms with van der Waals surface area (Å²) in [6.07, 6.45) is 3.27. The van der Waals surface area contributed by atoms with E-state index in [1.54, 1.807) is 18.5 Å². The molecule has 0 bridgehead atoms. The molecule has 25 heavy (non-hydrogen) atoms. The number of amides is 1. The smallest absolute Gasteiger partial charge is 0.274 e. The average molecular weight is 336 g/mol. The van der Waals surface area contributed by atoms with E-state index in [1.807, 2.05) is 42.7 Å². The van der Waals surface area contributed by atoms with Crippen LogP contribution in [0.15, 0.2) is 59.8 Å². The quantitative estimate of drug-likeness (QED) is 0.586. The fourth-order valence-electron chi connectivity index (χ4n) is 2.62. The van der Waals surface area contributed by atoms with Crippen molar-refractivity contribution >= 4 is 12.1 Å². The Morgan fingerprint density at radius 1 is 1.20 bits per heavy atom. The third kappa shape index (κ3) is 3.47. The molecular formula is C19H17FN4O. The maximum absolute atomic E-state index is 13.6. The van der Waals surface area contributed by atoms with Crippen molar-refractivity contribution in [3.8, 4) is 5.82 Å². The maximum Gasteiger partial charge on any atom is 0.274 e. The first-order valence-electron chi connectivity index (χ1n) is 7.76. The van der Waals surface area contributed by atoms with Gasteiger partial charge in [-0.15, -0.1) is 0 Å². The van der Waals surface area contributed by atoms with Crippen molar-refractivity contribution in [2.75, 3.05) is 0 Å². The normalized spacial score (nSPS) is 11.0. The minimum absolute atomic E-state index is 0.0430. The summed E-state index contributed by atoms with van der Waals surface area (Å²) in [6, 6.07) is 13.4. The molecule has 0 saturated heterocycles. The first-order chi connectivity index (χ1) is 12.1. The van der Waals surface area contributed by atoms with E-state index in [0.717, 1.165) is 22.8 Å². The van der Waals surface area contributed by atoms with Crippen LogP contribution in [0.2, 0.25) is 0 Å². The first-order valence-corrected chi connectivity index (χ1v) is 7.76. The molecule has 126 valence electrons. The number of rotatable bonds is 4. The Bertz CT molecular complexity index is 932. The molecule has 3 rings (SSSR count). The fraction of sp³-hybridized carbons (Fsp3) is 0.105. The molecule has 0 spiro atoms. The number of hydrogen-bond acceptors (Lipinski definition) is 3. The van der Waals surface area contributed by atoms with E-state index in [2.05, 4.69) is 15.5 Å². The highest BCUT2D eigenvalue weighted by Gasteiger charge is 2.11. The third-order valence-corrected chi connectivity index (χ3v) is 3.84. The highest BCUT2D eigenvalue weighted by atomic mass is 19.1. The molecule has 2 heterocycles. The number of benzene rings is 1. The van der Waals surface area contributed by atoms with Gasteiger partial charge in [0.15, 0.2) is 0 Å². The van der Waals surface area contributed by atoms with Crippen LogP contribution < -0.4 is 5.43 Å². The Balaban J connectivity index is 1.79. The van der Waals surface area contributed by atoms with Gasteiger partial charge in [0.2, 0.25) is 0 Å². The number of pyridine rings is 1. The van der Waals surface area contributed by atoms with Crippen LogP contribution in [0.4, 0.5) is 4.39 Å². The Morgan fingerprint density at radius 2 is 1.96 bits per heavy atom. The molecule has 0 radical (unpaired) electrons. The first kappa shape index (κ1) is 16.6. The van der Waals surface area contributed by atoms with Gasteiger partial charge in [-0.3, -0.25) is 4.79 Å². The molecule has 3 aromatic rings. The second kappa shape index (κ2) is 7.09. The molecule has 0 atom stereocenters. The van der Waals surface area contributed by atoms with Gasteiger partial charge in [-0.05, 0) is 44.2 Å². The van der Waals surface area contributed by atoms with Gasteiger partial charge in [0.05, 0.1) is 11.8 Å². The minimum atomic E-state index is -0.590. The van der Waals surface area contributed by atoms with E-state index in [9.17, 15) is 9.18 Å². The Kier molecular flexibility index (Phi) is 4.70. The van der Waals surface area contributed by atoms with Crippen molar-refractivity contribution in [3.05, 3.63) is 83.1 Å². The molecule has 0 saturated carbocycles. The zero-order chi connectivity index (χ0) is 17.8. The lowest BCUT2D eigenvalue weighted by Crippen LogP contribution is -2.19. The SMILES string of the molecule is Cc1cc(/C=N\NC(=O)c2ccccc2F)c(C)n1-c1ccccn1. The lowest BCUT2D eigenvalue weighted by molar-refractivity contribution is 0.0951. The summed E-state index contributed by atoms with van der Waals surface area (Å²) in [5.41, 5.74) is 5.09. The molecule has 0 aliphatic heterocycles. The van der Waals surface area contributed by atoms with Crippen LogP contribution in [0, 0.1) is 19.7 Å². The lowest BCUT2D eigenvalue weighted by Gasteiger charge is -2.07. The predicted molar refractivity (Wildman–Crippen MR) is 94.5 cm³/mol. The van der Waals surface area contributed by atoms with E-state index in [0.29, 0.717) is 0 Å². The number of carbonyl (C=O) groups excluding carboxylic acids is 1. The van der Waals surface area contributed by atoms with E-state index in [-0.39, 0.29) is 5.56 Å². The van der Waals surface area contributed by atoms with Gasteiger partial charge in [0, 0.05) is 23.1 Å². The van der Waals surface area contributed by atoms with Crippen LogP contribution in [0.3, 0.4) is 0 Å². The summed E-state index contributed by atoms with van der Waals surface area (Å²) in [7, 11) is 0. The van der Waals surface area contributed by atoms with Gasteiger partial charge in [0.25, 0.3) is 5.91 Å². The molecule has 2 aromatic heterocycles. The van der Waals surface area contributed by atoms with Gasteiger partial charge >= 0.3 is 0 Å². The molecule has 6 heteroatoms. The van der Waals surface area contributed by atoms with Crippen molar-refractivity contribution in [2.45, 2.75) is 13.8 Å². The summed E-state index contributed by atoms with van der Waals surface area (Å²) in [4.78, 5) is 16.3. The number of carbonyl (C=O) groups is 1. The average Bonchev–Trinajstić information content (AvgIpc) is 2.89.